The lowest BCUT2D eigenvalue weighted by Gasteiger charge is -2.33. The predicted octanol–water partition coefficient (Wildman–Crippen LogP) is 9.16. The molecule has 0 radical (unpaired) electrons. The number of aliphatic imine (C=N–C) groups is 1. The summed E-state index contributed by atoms with van der Waals surface area (Å²) in [5, 5.41) is 0. The Kier molecular flexibility index (Phi) is 8.18. The Morgan fingerprint density at radius 3 is 1.30 bits per heavy atom. The van der Waals surface area contributed by atoms with Crippen LogP contribution >= 0.6 is 0 Å². The van der Waals surface area contributed by atoms with E-state index in [1.807, 2.05) is 27.0 Å². The highest BCUT2D eigenvalue weighted by atomic mass is 14.7. The second kappa shape index (κ2) is 12.3. The number of nitrogens with two attached hydrogens (primary N) is 1. The van der Waals surface area contributed by atoms with Crippen molar-refractivity contribution >= 4 is 16.9 Å². The van der Waals surface area contributed by atoms with Gasteiger partial charge < -0.3 is 5.73 Å². The van der Waals surface area contributed by atoms with E-state index in [0.29, 0.717) is 0 Å². The van der Waals surface area contributed by atoms with Crippen molar-refractivity contribution in [2.24, 2.45) is 10.7 Å². The molecule has 0 bridgehead atoms. The van der Waals surface area contributed by atoms with Gasteiger partial charge in [0.15, 0.2) is 0 Å². The third kappa shape index (κ3) is 5.72. The van der Waals surface area contributed by atoms with Gasteiger partial charge in [0, 0.05) is 34.3 Å². The van der Waals surface area contributed by atoms with Gasteiger partial charge in [-0.1, -0.05) is 133 Å². The third-order valence-corrected chi connectivity index (χ3v) is 6.85. The van der Waals surface area contributed by atoms with E-state index in [2.05, 4.69) is 138 Å². The Bertz CT molecular complexity index is 1580. The Morgan fingerprint density at radius 2 is 0.925 bits per heavy atom. The van der Waals surface area contributed by atoms with Crippen LogP contribution in [0.3, 0.4) is 0 Å². The average Bonchev–Trinajstić information content (AvgIpc) is 3.00. The van der Waals surface area contributed by atoms with Gasteiger partial charge in [0.1, 0.15) is 0 Å². The van der Waals surface area contributed by atoms with Crippen LogP contribution in [0, 0.1) is 0 Å². The molecule has 0 heterocycles. The monoisotopic (exact) mass is 518 g/mol. The summed E-state index contributed by atoms with van der Waals surface area (Å²) < 4.78 is 0. The molecule has 0 atom stereocenters. The van der Waals surface area contributed by atoms with Crippen LogP contribution in [0.25, 0.3) is 11.1 Å². The molecule has 0 saturated carbocycles. The lowest BCUT2D eigenvalue weighted by atomic mass is 9.71. The molecule has 4 aromatic rings. The minimum absolute atomic E-state index is 0.785. The second-order valence-electron chi connectivity index (χ2n) is 10.1. The lowest BCUT2D eigenvalue weighted by Crippen LogP contribution is -2.22. The summed E-state index contributed by atoms with van der Waals surface area (Å²) in [5.41, 5.74) is 20.0. The fourth-order valence-electron chi connectivity index (χ4n) is 4.98. The molecule has 2 heteroatoms. The van der Waals surface area contributed by atoms with Gasteiger partial charge in [0.2, 0.25) is 0 Å². The van der Waals surface area contributed by atoms with Crippen molar-refractivity contribution in [2.45, 2.75) is 20.8 Å². The zero-order chi connectivity index (χ0) is 27.9. The Hall–Kier alpha value is -4.95. The highest BCUT2D eigenvalue weighted by Crippen LogP contribution is 2.49. The van der Waals surface area contributed by atoms with Gasteiger partial charge in [0.25, 0.3) is 0 Å². The molecule has 1 aliphatic rings. The summed E-state index contributed by atoms with van der Waals surface area (Å²) in [5.74, 6) is 0. The van der Waals surface area contributed by atoms with E-state index in [4.69, 9.17) is 5.73 Å². The van der Waals surface area contributed by atoms with Crippen molar-refractivity contribution in [3.8, 4) is 0 Å². The fraction of sp³-hybridized carbons (Fsp3) is 0.0789. The van der Waals surface area contributed by atoms with Crippen LogP contribution in [-0.2, 0) is 0 Å². The van der Waals surface area contributed by atoms with Crippen molar-refractivity contribution in [1.29, 1.82) is 0 Å². The van der Waals surface area contributed by atoms with E-state index in [1.165, 1.54) is 0 Å². The van der Waals surface area contributed by atoms with Gasteiger partial charge in [-0.3, -0.25) is 4.99 Å². The maximum Gasteiger partial charge on any atom is 0.0480 e. The zero-order valence-electron chi connectivity index (χ0n) is 23.3. The van der Waals surface area contributed by atoms with Crippen LogP contribution < -0.4 is 5.73 Å². The first-order valence-corrected chi connectivity index (χ1v) is 13.6. The van der Waals surface area contributed by atoms with Crippen molar-refractivity contribution < 1.29 is 0 Å². The minimum Gasteiger partial charge on any atom is -0.398 e. The molecule has 0 fully saturated rings. The van der Waals surface area contributed by atoms with Gasteiger partial charge in [0.05, 0.1) is 0 Å². The normalized spacial score (nSPS) is 13.3. The Labute approximate surface area is 237 Å². The molecular weight excluding hydrogens is 484 g/mol. The minimum atomic E-state index is 0.785. The van der Waals surface area contributed by atoms with Crippen molar-refractivity contribution in [3.05, 3.63) is 190 Å². The van der Waals surface area contributed by atoms with Crippen LogP contribution in [0.15, 0.2) is 173 Å². The maximum absolute atomic E-state index is 7.02. The molecule has 196 valence electrons. The fourth-order valence-corrected chi connectivity index (χ4v) is 4.98. The van der Waals surface area contributed by atoms with E-state index in [1.54, 1.807) is 0 Å². The van der Waals surface area contributed by atoms with Crippen LogP contribution in [0.5, 0.6) is 0 Å². The van der Waals surface area contributed by atoms with Gasteiger partial charge in [-0.2, -0.15) is 0 Å². The summed E-state index contributed by atoms with van der Waals surface area (Å²) in [6, 6.07) is 42.3. The first-order chi connectivity index (χ1) is 19.5. The van der Waals surface area contributed by atoms with Crippen LogP contribution in [-0.4, -0.2) is 5.71 Å². The summed E-state index contributed by atoms with van der Waals surface area (Å²) >= 11 is 0. The average molecular weight is 519 g/mol. The molecule has 4 aromatic carbocycles. The molecule has 0 aromatic heterocycles. The summed E-state index contributed by atoms with van der Waals surface area (Å²) in [6.07, 6.45) is 6.06. The number of nitrogens with zero attached hydrogens (tertiary/aromatic N) is 1. The molecular formula is C38H34N2. The predicted molar refractivity (Wildman–Crippen MR) is 171 cm³/mol. The zero-order valence-corrected chi connectivity index (χ0v) is 23.3. The molecule has 5 rings (SSSR count). The molecule has 0 aliphatic heterocycles. The van der Waals surface area contributed by atoms with Crippen LogP contribution in [0.4, 0.5) is 0 Å². The van der Waals surface area contributed by atoms with Crippen molar-refractivity contribution in [2.75, 3.05) is 0 Å². The first kappa shape index (κ1) is 26.6. The molecule has 2 N–H and O–H groups in total. The Balaban J connectivity index is 1.87. The second-order valence-corrected chi connectivity index (χ2v) is 10.1. The quantitative estimate of drug-likeness (QED) is 0.243. The maximum atomic E-state index is 7.02. The highest BCUT2D eigenvalue weighted by Gasteiger charge is 2.33. The SMILES string of the molecule is CC(C)=C/N=C(C)\C=C\C1=C(N)C(=C(c2ccccc2)c2ccccc2)C1=C(c1ccccc1)c1ccccc1. The number of benzene rings is 4. The van der Waals surface area contributed by atoms with Gasteiger partial charge in [-0.15, -0.1) is 0 Å². The van der Waals surface area contributed by atoms with E-state index < -0.39 is 0 Å². The molecule has 0 saturated heterocycles. The number of hydrogen-bond donors (Lipinski definition) is 1. The van der Waals surface area contributed by atoms with E-state index in [0.717, 1.165) is 67.1 Å². The lowest BCUT2D eigenvalue weighted by molar-refractivity contribution is 1.17. The van der Waals surface area contributed by atoms with Crippen molar-refractivity contribution in [3.63, 3.8) is 0 Å². The first-order valence-electron chi connectivity index (χ1n) is 13.6. The van der Waals surface area contributed by atoms with E-state index >= 15 is 0 Å². The highest BCUT2D eigenvalue weighted by molar-refractivity contribution is 6.02. The summed E-state index contributed by atoms with van der Waals surface area (Å²) in [6.45, 7) is 6.11. The number of hydrogen-bond acceptors (Lipinski definition) is 2. The van der Waals surface area contributed by atoms with Gasteiger partial charge in [-0.25, -0.2) is 0 Å². The number of allylic oxidation sites excluding steroid dienone is 5. The van der Waals surface area contributed by atoms with Crippen LogP contribution in [0.2, 0.25) is 0 Å². The standard InChI is InChI=1S/C38H34N2/c1-27(2)26-40-28(3)24-25-33-36(34(29-16-8-4-9-17-29)30-18-10-5-11-19-30)37(38(33)39)35(31-20-12-6-13-21-31)32-22-14-7-15-23-32/h4-26H,39H2,1-3H3/b25-24+,40-28-. The van der Waals surface area contributed by atoms with Crippen LogP contribution in [0.1, 0.15) is 43.0 Å². The van der Waals surface area contributed by atoms with E-state index in [9.17, 15) is 0 Å². The smallest absolute Gasteiger partial charge is 0.0480 e. The molecule has 1 aliphatic carbocycles. The molecule has 40 heavy (non-hydrogen) atoms. The van der Waals surface area contributed by atoms with Crippen molar-refractivity contribution in [1.82, 2.24) is 0 Å². The largest absolute Gasteiger partial charge is 0.398 e. The topological polar surface area (TPSA) is 38.4 Å². The molecule has 0 spiro atoms. The molecule has 0 unspecified atom stereocenters. The van der Waals surface area contributed by atoms with Gasteiger partial charge in [-0.05, 0) is 60.2 Å². The third-order valence-electron chi connectivity index (χ3n) is 6.85. The summed E-state index contributed by atoms with van der Waals surface area (Å²) in [7, 11) is 0. The van der Waals surface area contributed by atoms with Gasteiger partial charge >= 0.3 is 0 Å². The number of rotatable bonds is 7. The summed E-state index contributed by atoms with van der Waals surface area (Å²) in [4.78, 5) is 4.59. The molecule has 0 amide bonds. The molecule has 2 nitrogen and oxygen atoms in total. The van der Waals surface area contributed by atoms with E-state index in [-0.39, 0.29) is 0 Å². The Morgan fingerprint density at radius 1 is 0.550 bits per heavy atom.